The van der Waals surface area contributed by atoms with E-state index in [2.05, 4.69) is 27.4 Å². The van der Waals surface area contributed by atoms with Crippen LogP contribution in [0.5, 0.6) is 0 Å². The van der Waals surface area contributed by atoms with Crippen molar-refractivity contribution in [2.75, 3.05) is 6.54 Å². The molecule has 0 bridgehead atoms. The first-order valence-corrected chi connectivity index (χ1v) is 5.99. The van der Waals surface area contributed by atoms with Gasteiger partial charge < -0.3 is 10.0 Å². The van der Waals surface area contributed by atoms with Gasteiger partial charge in [-0.25, -0.2) is 4.79 Å². The maximum Gasteiger partial charge on any atom is 0.407 e. The summed E-state index contributed by atoms with van der Waals surface area (Å²) in [4.78, 5) is 12.8. The van der Waals surface area contributed by atoms with Crippen LogP contribution in [-0.2, 0) is 0 Å². The maximum atomic E-state index is 11.2. The molecule has 16 heavy (non-hydrogen) atoms. The molecule has 1 heterocycles. The topological polar surface area (TPSA) is 40.5 Å². The lowest BCUT2D eigenvalue weighted by molar-refractivity contribution is 0.108. The van der Waals surface area contributed by atoms with Gasteiger partial charge in [0.2, 0.25) is 0 Å². The maximum absolute atomic E-state index is 11.2. The molecule has 1 saturated heterocycles. The summed E-state index contributed by atoms with van der Waals surface area (Å²) in [7, 11) is 0. The largest absolute Gasteiger partial charge is 0.465 e. The molecule has 3 heteroatoms. The first kappa shape index (κ1) is 11.5. The van der Waals surface area contributed by atoms with Crippen molar-refractivity contribution in [1.82, 2.24) is 4.90 Å². The SMILES string of the molecule is C=C([C@@H]1C[C@@H]2C[C@@H]2CN1C(=O)O)C(C)(C)C. The highest BCUT2D eigenvalue weighted by atomic mass is 16.4. The fourth-order valence-corrected chi connectivity index (χ4v) is 2.66. The molecule has 0 unspecified atom stereocenters. The van der Waals surface area contributed by atoms with E-state index in [9.17, 15) is 9.90 Å². The summed E-state index contributed by atoms with van der Waals surface area (Å²) < 4.78 is 0. The van der Waals surface area contributed by atoms with E-state index in [1.165, 1.54) is 6.42 Å². The Balaban J connectivity index is 2.16. The molecular weight excluding hydrogens is 202 g/mol. The molecule has 0 spiro atoms. The zero-order chi connectivity index (χ0) is 12.1. The zero-order valence-electron chi connectivity index (χ0n) is 10.4. The Labute approximate surface area is 97.1 Å². The fourth-order valence-electron chi connectivity index (χ4n) is 2.66. The van der Waals surface area contributed by atoms with Crippen molar-refractivity contribution < 1.29 is 9.90 Å². The van der Waals surface area contributed by atoms with Crippen LogP contribution in [0, 0.1) is 17.3 Å². The molecule has 2 rings (SSSR count). The van der Waals surface area contributed by atoms with Crippen molar-refractivity contribution in [3.05, 3.63) is 12.2 Å². The molecule has 0 aromatic carbocycles. The summed E-state index contributed by atoms with van der Waals surface area (Å²) in [6.07, 6.45) is 1.39. The monoisotopic (exact) mass is 223 g/mol. The van der Waals surface area contributed by atoms with Gasteiger partial charge in [0.05, 0.1) is 6.04 Å². The summed E-state index contributed by atoms with van der Waals surface area (Å²) in [5.74, 6) is 1.37. The molecule has 1 N–H and O–H groups in total. The molecule has 90 valence electrons. The number of likely N-dealkylation sites (tertiary alicyclic amines) is 1. The van der Waals surface area contributed by atoms with Gasteiger partial charge in [0, 0.05) is 6.54 Å². The van der Waals surface area contributed by atoms with Crippen LogP contribution >= 0.6 is 0 Å². The number of fused-ring (bicyclic) bond motifs is 1. The van der Waals surface area contributed by atoms with Crippen LogP contribution in [0.4, 0.5) is 4.79 Å². The van der Waals surface area contributed by atoms with Crippen LogP contribution in [0.2, 0.25) is 0 Å². The summed E-state index contributed by atoms with van der Waals surface area (Å²) >= 11 is 0. The lowest BCUT2D eigenvalue weighted by atomic mass is 9.80. The summed E-state index contributed by atoms with van der Waals surface area (Å²) in [5, 5.41) is 9.24. The van der Waals surface area contributed by atoms with Gasteiger partial charge in [0.25, 0.3) is 0 Å². The number of nitrogens with zero attached hydrogens (tertiary/aromatic N) is 1. The first-order chi connectivity index (χ1) is 7.30. The Hall–Kier alpha value is -0.990. The van der Waals surface area contributed by atoms with Crippen LogP contribution < -0.4 is 0 Å². The van der Waals surface area contributed by atoms with E-state index in [4.69, 9.17) is 0 Å². The fraction of sp³-hybridized carbons (Fsp3) is 0.769. The second-order valence-electron chi connectivity index (χ2n) is 6.22. The predicted molar refractivity (Wildman–Crippen MR) is 63.3 cm³/mol. The molecule has 3 atom stereocenters. The smallest absolute Gasteiger partial charge is 0.407 e. The van der Waals surface area contributed by atoms with E-state index >= 15 is 0 Å². The minimum absolute atomic E-state index is 0.0138. The Morgan fingerprint density at radius 2 is 1.94 bits per heavy atom. The highest BCUT2D eigenvalue weighted by molar-refractivity contribution is 5.66. The van der Waals surface area contributed by atoms with Crippen LogP contribution in [0.15, 0.2) is 12.2 Å². The number of amides is 1. The van der Waals surface area contributed by atoms with Gasteiger partial charge in [0.1, 0.15) is 0 Å². The predicted octanol–water partition coefficient (Wildman–Crippen LogP) is 2.98. The molecule has 3 nitrogen and oxygen atoms in total. The Kier molecular flexibility index (Phi) is 2.52. The van der Waals surface area contributed by atoms with Gasteiger partial charge in [-0.2, -0.15) is 0 Å². The van der Waals surface area contributed by atoms with Crippen LogP contribution in [0.25, 0.3) is 0 Å². The van der Waals surface area contributed by atoms with Crippen molar-refractivity contribution in [3.8, 4) is 0 Å². The number of hydrogen-bond acceptors (Lipinski definition) is 1. The average molecular weight is 223 g/mol. The van der Waals surface area contributed by atoms with E-state index in [1.54, 1.807) is 4.90 Å². The molecule has 0 aromatic heterocycles. The molecule has 0 aromatic rings. The molecule has 2 fully saturated rings. The van der Waals surface area contributed by atoms with Crippen molar-refractivity contribution >= 4 is 6.09 Å². The number of carbonyl (C=O) groups is 1. The highest BCUT2D eigenvalue weighted by Gasteiger charge is 2.48. The van der Waals surface area contributed by atoms with E-state index in [0.29, 0.717) is 12.5 Å². The van der Waals surface area contributed by atoms with Crippen molar-refractivity contribution in [3.63, 3.8) is 0 Å². The van der Waals surface area contributed by atoms with Gasteiger partial charge in [0.15, 0.2) is 0 Å². The van der Waals surface area contributed by atoms with E-state index in [0.717, 1.165) is 17.9 Å². The molecular formula is C13H21NO2. The van der Waals surface area contributed by atoms with Gasteiger partial charge in [-0.05, 0) is 35.7 Å². The molecule has 1 saturated carbocycles. The minimum atomic E-state index is -0.791. The van der Waals surface area contributed by atoms with Gasteiger partial charge in [-0.15, -0.1) is 0 Å². The van der Waals surface area contributed by atoms with Crippen molar-refractivity contribution in [1.29, 1.82) is 0 Å². The minimum Gasteiger partial charge on any atom is -0.465 e. The van der Waals surface area contributed by atoms with Crippen molar-refractivity contribution in [2.24, 2.45) is 17.3 Å². The summed E-state index contributed by atoms with van der Waals surface area (Å²) in [5.41, 5.74) is 1.04. The quantitative estimate of drug-likeness (QED) is 0.694. The summed E-state index contributed by atoms with van der Waals surface area (Å²) in [6.45, 7) is 11.2. The van der Waals surface area contributed by atoms with E-state index < -0.39 is 6.09 Å². The number of piperidine rings is 1. The first-order valence-electron chi connectivity index (χ1n) is 5.99. The second-order valence-corrected chi connectivity index (χ2v) is 6.22. The third kappa shape index (κ3) is 1.95. The van der Waals surface area contributed by atoms with Gasteiger partial charge >= 0.3 is 6.09 Å². The molecule has 1 amide bonds. The lowest BCUT2D eigenvalue weighted by Crippen LogP contribution is -2.46. The van der Waals surface area contributed by atoms with E-state index in [-0.39, 0.29) is 11.5 Å². The third-order valence-electron chi connectivity index (χ3n) is 4.01. The van der Waals surface area contributed by atoms with Gasteiger partial charge in [-0.3, -0.25) is 0 Å². The lowest BCUT2D eigenvalue weighted by Gasteiger charge is -2.39. The normalized spacial score (nSPS) is 33.2. The third-order valence-corrected chi connectivity index (χ3v) is 4.01. The molecule has 1 aliphatic carbocycles. The Morgan fingerprint density at radius 1 is 1.31 bits per heavy atom. The van der Waals surface area contributed by atoms with E-state index in [1.807, 2.05) is 0 Å². The molecule has 0 radical (unpaired) electrons. The average Bonchev–Trinajstić information content (AvgIpc) is 2.90. The van der Waals surface area contributed by atoms with Crippen LogP contribution in [0.1, 0.15) is 33.6 Å². The zero-order valence-corrected chi connectivity index (χ0v) is 10.4. The highest BCUT2D eigenvalue weighted by Crippen LogP contribution is 2.49. The Bertz CT molecular complexity index is 329. The summed E-state index contributed by atoms with van der Waals surface area (Å²) in [6, 6.07) is 0.0289. The van der Waals surface area contributed by atoms with Crippen LogP contribution in [0.3, 0.4) is 0 Å². The molecule has 2 aliphatic rings. The van der Waals surface area contributed by atoms with Crippen LogP contribution in [-0.4, -0.2) is 28.7 Å². The number of rotatable bonds is 1. The van der Waals surface area contributed by atoms with Crippen molar-refractivity contribution in [2.45, 2.75) is 39.7 Å². The second kappa shape index (κ2) is 3.51. The number of carboxylic acid groups (broad SMARTS) is 1. The standard InChI is InChI=1S/C13H21NO2/c1-8(13(2,3)4)11-6-9-5-10(9)7-14(11)12(15)16/h9-11H,1,5-7H2,2-4H3,(H,15,16)/t9-,10+,11-/m0/s1. The molecule has 1 aliphatic heterocycles. The number of hydrogen-bond donors (Lipinski definition) is 1. The Morgan fingerprint density at radius 3 is 2.44 bits per heavy atom. The van der Waals surface area contributed by atoms with Gasteiger partial charge in [-0.1, -0.05) is 27.4 Å².